The minimum atomic E-state index is 0.0972. The fourth-order valence-electron chi connectivity index (χ4n) is 0.648. The predicted octanol–water partition coefficient (Wildman–Crippen LogP) is 1.45. The van der Waals surface area contributed by atoms with E-state index in [0.717, 1.165) is 0 Å². The summed E-state index contributed by atoms with van der Waals surface area (Å²) in [5.74, 6) is 0. The van der Waals surface area contributed by atoms with E-state index in [0.29, 0.717) is 0 Å². The standard InChI is InChI=1S/C7H10NO/c1-7(9-2)8-5-3-4-6-8/h3-5,7H,1-2H3. The Hall–Kier alpha value is -0.760. The number of rotatable bonds is 2. The van der Waals surface area contributed by atoms with Gasteiger partial charge in [-0.15, -0.1) is 0 Å². The number of hydrogen-bond acceptors (Lipinski definition) is 1. The average molecular weight is 124 g/mol. The Bertz CT molecular complexity index is 157. The molecule has 1 atom stereocenters. The third-order valence-electron chi connectivity index (χ3n) is 1.30. The van der Waals surface area contributed by atoms with E-state index in [1.165, 1.54) is 0 Å². The maximum Gasteiger partial charge on any atom is 0.130 e. The lowest BCUT2D eigenvalue weighted by molar-refractivity contribution is 0.0602. The van der Waals surface area contributed by atoms with Crippen LogP contribution in [0.25, 0.3) is 0 Å². The highest BCUT2D eigenvalue weighted by atomic mass is 16.5. The van der Waals surface area contributed by atoms with Gasteiger partial charge in [-0.05, 0) is 19.1 Å². The number of ether oxygens (including phenoxy) is 1. The summed E-state index contributed by atoms with van der Waals surface area (Å²) in [5.41, 5.74) is 0. The summed E-state index contributed by atoms with van der Waals surface area (Å²) in [6, 6.07) is 3.78. The summed E-state index contributed by atoms with van der Waals surface area (Å²) < 4.78 is 6.90. The summed E-state index contributed by atoms with van der Waals surface area (Å²) in [4.78, 5) is 0. The van der Waals surface area contributed by atoms with E-state index < -0.39 is 0 Å². The van der Waals surface area contributed by atoms with Gasteiger partial charge in [0.05, 0.1) is 6.20 Å². The molecule has 0 spiro atoms. The lowest BCUT2D eigenvalue weighted by Crippen LogP contribution is -2.03. The first-order valence-electron chi connectivity index (χ1n) is 2.92. The lowest BCUT2D eigenvalue weighted by Gasteiger charge is -2.09. The highest BCUT2D eigenvalue weighted by Gasteiger charge is 1.96. The summed E-state index contributed by atoms with van der Waals surface area (Å²) in [5, 5.41) is 0. The summed E-state index contributed by atoms with van der Waals surface area (Å²) >= 11 is 0. The van der Waals surface area contributed by atoms with Crippen LogP contribution < -0.4 is 0 Å². The molecule has 0 N–H and O–H groups in total. The third-order valence-corrected chi connectivity index (χ3v) is 1.30. The van der Waals surface area contributed by atoms with Crippen molar-refractivity contribution in [1.29, 1.82) is 0 Å². The molecule has 0 fully saturated rings. The van der Waals surface area contributed by atoms with Gasteiger partial charge in [-0.25, -0.2) is 0 Å². The van der Waals surface area contributed by atoms with E-state index in [2.05, 4.69) is 6.20 Å². The van der Waals surface area contributed by atoms with Crippen molar-refractivity contribution in [3.05, 3.63) is 24.5 Å². The second kappa shape index (κ2) is 2.69. The smallest absolute Gasteiger partial charge is 0.130 e. The van der Waals surface area contributed by atoms with Gasteiger partial charge in [0.25, 0.3) is 0 Å². The molecule has 49 valence electrons. The zero-order valence-electron chi connectivity index (χ0n) is 5.66. The van der Waals surface area contributed by atoms with Gasteiger partial charge in [0.15, 0.2) is 0 Å². The minimum Gasteiger partial charge on any atom is -0.362 e. The predicted molar refractivity (Wildman–Crippen MR) is 35.0 cm³/mol. The zero-order chi connectivity index (χ0) is 6.69. The lowest BCUT2D eigenvalue weighted by atomic mass is 10.6. The van der Waals surface area contributed by atoms with Gasteiger partial charge in [0.2, 0.25) is 0 Å². The molecule has 1 heterocycles. The van der Waals surface area contributed by atoms with Crippen molar-refractivity contribution in [2.75, 3.05) is 7.11 Å². The zero-order valence-corrected chi connectivity index (χ0v) is 5.66. The van der Waals surface area contributed by atoms with Crippen molar-refractivity contribution in [3.8, 4) is 0 Å². The minimum absolute atomic E-state index is 0.0972. The molecular formula is C7H10NO. The fourth-order valence-corrected chi connectivity index (χ4v) is 0.648. The van der Waals surface area contributed by atoms with Gasteiger partial charge in [-0.2, -0.15) is 0 Å². The second-order valence-electron chi connectivity index (χ2n) is 1.88. The summed E-state index contributed by atoms with van der Waals surface area (Å²) in [7, 11) is 1.68. The van der Waals surface area contributed by atoms with Crippen LogP contribution >= 0.6 is 0 Å². The Morgan fingerprint density at radius 1 is 1.67 bits per heavy atom. The number of aromatic nitrogens is 1. The normalized spacial score (nSPS) is 13.6. The molecule has 1 radical (unpaired) electrons. The van der Waals surface area contributed by atoms with E-state index in [1.54, 1.807) is 7.11 Å². The van der Waals surface area contributed by atoms with Crippen molar-refractivity contribution < 1.29 is 4.74 Å². The van der Waals surface area contributed by atoms with E-state index in [1.807, 2.05) is 29.8 Å². The second-order valence-corrected chi connectivity index (χ2v) is 1.88. The van der Waals surface area contributed by atoms with Crippen molar-refractivity contribution in [1.82, 2.24) is 4.57 Å². The fraction of sp³-hybridized carbons (Fsp3) is 0.429. The number of nitrogens with zero attached hydrogens (tertiary/aromatic N) is 1. The van der Waals surface area contributed by atoms with Gasteiger partial charge in [-0.1, -0.05) is 0 Å². The molecular weight excluding hydrogens is 114 g/mol. The molecule has 9 heavy (non-hydrogen) atoms. The van der Waals surface area contributed by atoms with Crippen LogP contribution in [0.3, 0.4) is 0 Å². The largest absolute Gasteiger partial charge is 0.362 e. The molecule has 2 nitrogen and oxygen atoms in total. The first-order valence-corrected chi connectivity index (χ1v) is 2.92. The van der Waals surface area contributed by atoms with Crippen LogP contribution in [0.2, 0.25) is 0 Å². The maximum absolute atomic E-state index is 5.03. The Morgan fingerprint density at radius 3 is 2.89 bits per heavy atom. The summed E-state index contributed by atoms with van der Waals surface area (Å²) in [6.45, 7) is 1.97. The van der Waals surface area contributed by atoms with E-state index in [-0.39, 0.29) is 6.23 Å². The molecule has 0 saturated heterocycles. The molecule has 0 saturated carbocycles. The highest BCUT2D eigenvalue weighted by Crippen LogP contribution is 2.03. The number of methoxy groups -OCH3 is 1. The molecule has 0 aromatic carbocycles. The van der Waals surface area contributed by atoms with Crippen LogP contribution in [0.15, 0.2) is 18.3 Å². The SMILES string of the molecule is COC(C)n1[c]ccc1. The first kappa shape index (κ1) is 6.36. The van der Waals surface area contributed by atoms with Crippen LogP contribution in [-0.4, -0.2) is 11.7 Å². The maximum atomic E-state index is 5.03. The topological polar surface area (TPSA) is 14.2 Å². The van der Waals surface area contributed by atoms with Crippen molar-refractivity contribution in [2.45, 2.75) is 13.2 Å². The van der Waals surface area contributed by atoms with Gasteiger partial charge >= 0.3 is 0 Å². The van der Waals surface area contributed by atoms with E-state index in [4.69, 9.17) is 4.74 Å². The van der Waals surface area contributed by atoms with Crippen LogP contribution in [-0.2, 0) is 4.74 Å². The van der Waals surface area contributed by atoms with Crippen LogP contribution in [0.4, 0.5) is 0 Å². The van der Waals surface area contributed by atoms with Gasteiger partial charge in [0.1, 0.15) is 6.23 Å². The quantitative estimate of drug-likeness (QED) is 0.582. The van der Waals surface area contributed by atoms with Crippen molar-refractivity contribution >= 4 is 0 Å². The Kier molecular flexibility index (Phi) is 1.90. The Morgan fingerprint density at radius 2 is 2.44 bits per heavy atom. The summed E-state index contributed by atoms with van der Waals surface area (Å²) in [6.07, 6.45) is 5.00. The molecule has 0 aliphatic heterocycles. The van der Waals surface area contributed by atoms with Gasteiger partial charge in [0, 0.05) is 13.3 Å². The molecule has 0 amide bonds. The van der Waals surface area contributed by atoms with E-state index >= 15 is 0 Å². The van der Waals surface area contributed by atoms with Crippen LogP contribution in [0.5, 0.6) is 0 Å². The molecule has 1 aromatic heterocycles. The molecule has 1 rings (SSSR count). The van der Waals surface area contributed by atoms with Crippen molar-refractivity contribution in [3.63, 3.8) is 0 Å². The third kappa shape index (κ3) is 1.33. The van der Waals surface area contributed by atoms with Gasteiger partial charge < -0.3 is 9.30 Å². The average Bonchev–Trinajstić information content (AvgIpc) is 2.37. The Balaban J connectivity index is 2.65. The number of hydrogen-bond donors (Lipinski definition) is 0. The molecule has 1 unspecified atom stereocenters. The monoisotopic (exact) mass is 124 g/mol. The molecule has 0 bridgehead atoms. The van der Waals surface area contributed by atoms with Crippen LogP contribution in [0.1, 0.15) is 13.2 Å². The van der Waals surface area contributed by atoms with E-state index in [9.17, 15) is 0 Å². The first-order chi connectivity index (χ1) is 4.34. The van der Waals surface area contributed by atoms with Crippen molar-refractivity contribution in [2.24, 2.45) is 0 Å². The molecule has 0 aliphatic rings. The highest BCUT2D eigenvalue weighted by molar-refractivity contribution is 4.89. The Labute approximate surface area is 55.1 Å². The molecule has 1 aromatic rings. The molecule has 0 aliphatic carbocycles. The van der Waals surface area contributed by atoms with Gasteiger partial charge in [-0.3, -0.25) is 0 Å². The van der Waals surface area contributed by atoms with Crippen LogP contribution in [0, 0.1) is 6.20 Å². The molecule has 2 heteroatoms.